The van der Waals surface area contributed by atoms with E-state index in [1.54, 1.807) is 6.92 Å². The van der Waals surface area contributed by atoms with Crippen LogP contribution in [0.3, 0.4) is 0 Å². The van der Waals surface area contributed by atoms with Gasteiger partial charge in [0.15, 0.2) is 15.3 Å². The fourth-order valence-electron chi connectivity index (χ4n) is 3.68. The Hall–Kier alpha value is -1.70. The van der Waals surface area contributed by atoms with Gasteiger partial charge in [-0.2, -0.15) is 0 Å². The molecule has 0 saturated carbocycles. The van der Waals surface area contributed by atoms with Crippen LogP contribution in [0.25, 0.3) is 0 Å². The average molecular weight is 410 g/mol. The Balaban J connectivity index is 2.35. The summed E-state index contributed by atoms with van der Waals surface area (Å²) < 4.78 is 38.1. The second kappa shape index (κ2) is 9.67. The molecule has 0 aliphatic carbocycles. The van der Waals surface area contributed by atoms with Crippen molar-refractivity contribution in [2.75, 3.05) is 5.75 Å². The minimum absolute atomic E-state index is 0.0816. The lowest BCUT2D eigenvalue weighted by Gasteiger charge is -2.45. The predicted octanol–water partition coefficient (Wildman–Crippen LogP) is 2.84. The fourth-order valence-corrected chi connectivity index (χ4v) is 5.52. The molecule has 7 heteroatoms. The highest BCUT2D eigenvalue weighted by atomic mass is 32.2. The average Bonchev–Trinajstić information content (AvgIpc) is 2.60. The number of nitrogens with one attached hydrogen (secondary N) is 1. The van der Waals surface area contributed by atoms with Crippen LogP contribution >= 0.6 is 0 Å². The van der Waals surface area contributed by atoms with Crippen molar-refractivity contribution in [1.29, 1.82) is 0 Å². The van der Waals surface area contributed by atoms with Crippen molar-refractivity contribution in [3.8, 4) is 0 Å². The number of ether oxygens (including phenoxy) is 2. The summed E-state index contributed by atoms with van der Waals surface area (Å²) in [5, 5.41) is 2.77. The number of carbonyl (C=O) groups excluding carboxylic acids is 1. The van der Waals surface area contributed by atoms with E-state index in [4.69, 9.17) is 9.47 Å². The van der Waals surface area contributed by atoms with Crippen LogP contribution in [0.5, 0.6) is 0 Å². The Bertz CT molecular complexity index is 777. The Kier molecular flexibility index (Phi) is 7.80. The van der Waals surface area contributed by atoms with E-state index in [1.807, 2.05) is 44.2 Å². The van der Waals surface area contributed by atoms with E-state index >= 15 is 0 Å². The minimum Gasteiger partial charge on any atom is -0.371 e. The van der Waals surface area contributed by atoms with Gasteiger partial charge < -0.3 is 14.8 Å². The molecule has 1 fully saturated rings. The second-order valence-electron chi connectivity index (χ2n) is 7.56. The molecular formula is C21H31NO5S. The lowest BCUT2D eigenvalue weighted by Crippen LogP contribution is -2.63. The monoisotopic (exact) mass is 409 g/mol. The van der Waals surface area contributed by atoms with Gasteiger partial charge in [0.05, 0.1) is 30.6 Å². The van der Waals surface area contributed by atoms with Gasteiger partial charge >= 0.3 is 0 Å². The molecule has 1 amide bonds. The third kappa shape index (κ3) is 5.65. The minimum atomic E-state index is -3.68. The van der Waals surface area contributed by atoms with Crippen molar-refractivity contribution in [3.63, 3.8) is 0 Å². The van der Waals surface area contributed by atoms with E-state index in [9.17, 15) is 13.2 Å². The summed E-state index contributed by atoms with van der Waals surface area (Å²) in [7, 11) is -3.68. The van der Waals surface area contributed by atoms with Crippen LogP contribution in [-0.4, -0.2) is 43.8 Å². The number of sulfone groups is 1. The standard InChI is InChI=1S/C21H31NO5S/c1-6-18-15(4)20(26-12-17-10-8-7-9-11-17)19(22-16(5)23)21(27-18)28(24,25)13-14(2)3/h7-11,15,18-21H,2,6,12-13H2,1,3-5H3,(H,22,23). The van der Waals surface area contributed by atoms with E-state index in [2.05, 4.69) is 11.9 Å². The summed E-state index contributed by atoms with van der Waals surface area (Å²) in [6.45, 7) is 11.0. The molecule has 0 spiro atoms. The molecule has 5 unspecified atom stereocenters. The van der Waals surface area contributed by atoms with Crippen LogP contribution in [0.4, 0.5) is 0 Å². The van der Waals surface area contributed by atoms with E-state index < -0.39 is 27.4 Å². The molecule has 0 bridgehead atoms. The van der Waals surface area contributed by atoms with Crippen molar-refractivity contribution >= 4 is 15.7 Å². The van der Waals surface area contributed by atoms with Crippen molar-refractivity contribution in [2.45, 2.75) is 64.4 Å². The molecule has 1 aliphatic rings. The Morgan fingerprint density at radius 3 is 2.43 bits per heavy atom. The maximum Gasteiger partial charge on any atom is 0.217 e. The summed E-state index contributed by atoms with van der Waals surface area (Å²) in [6, 6.07) is 8.88. The molecule has 1 aromatic carbocycles. The molecule has 1 N–H and O–H groups in total. The van der Waals surface area contributed by atoms with E-state index in [0.29, 0.717) is 18.6 Å². The molecule has 1 saturated heterocycles. The van der Waals surface area contributed by atoms with Gasteiger partial charge in [0, 0.05) is 12.8 Å². The number of hydrogen-bond acceptors (Lipinski definition) is 5. The number of hydrogen-bond donors (Lipinski definition) is 1. The smallest absolute Gasteiger partial charge is 0.217 e. The van der Waals surface area contributed by atoms with Crippen LogP contribution < -0.4 is 5.32 Å². The quantitative estimate of drug-likeness (QED) is 0.668. The number of benzene rings is 1. The summed E-state index contributed by atoms with van der Waals surface area (Å²) in [4.78, 5) is 11.8. The lowest BCUT2D eigenvalue weighted by molar-refractivity contribution is -0.154. The van der Waals surface area contributed by atoms with Gasteiger partial charge in [-0.3, -0.25) is 4.79 Å². The first-order valence-corrected chi connectivity index (χ1v) is 11.3. The molecule has 1 aromatic rings. The van der Waals surface area contributed by atoms with E-state index in [1.165, 1.54) is 6.92 Å². The molecule has 6 nitrogen and oxygen atoms in total. The first-order valence-electron chi connectivity index (χ1n) is 9.59. The van der Waals surface area contributed by atoms with E-state index in [-0.39, 0.29) is 23.7 Å². The molecular weight excluding hydrogens is 378 g/mol. The summed E-state index contributed by atoms with van der Waals surface area (Å²) in [5.74, 6) is -0.592. The number of carbonyl (C=O) groups is 1. The largest absolute Gasteiger partial charge is 0.371 e. The normalized spacial score (nSPS) is 27.9. The highest BCUT2D eigenvalue weighted by Crippen LogP contribution is 2.33. The highest BCUT2D eigenvalue weighted by molar-refractivity contribution is 7.92. The molecule has 156 valence electrons. The van der Waals surface area contributed by atoms with Crippen LogP contribution in [0.2, 0.25) is 0 Å². The van der Waals surface area contributed by atoms with Crippen molar-refractivity contribution in [3.05, 3.63) is 48.0 Å². The van der Waals surface area contributed by atoms with Gasteiger partial charge in [0.2, 0.25) is 5.91 Å². The zero-order valence-electron chi connectivity index (χ0n) is 17.1. The van der Waals surface area contributed by atoms with Gasteiger partial charge in [-0.25, -0.2) is 8.42 Å². The molecule has 1 aliphatic heterocycles. The molecule has 28 heavy (non-hydrogen) atoms. The van der Waals surface area contributed by atoms with Crippen molar-refractivity contribution < 1.29 is 22.7 Å². The molecule has 0 radical (unpaired) electrons. The first-order chi connectivity index (χ1) is 13.2. The van der Waals surface area contributed by atoms with Crippen LogP contribution in [0.15, 0.2) is 42.5 Å². The second-order valence-corrected chi connectivity index (χ2v) is 9.64. The van der Waals surface area contributed by atoms with Crippen molar-refractivity contribution in [1.82, 2.24) is 5.32 Å². The topological polar surface area (TPSA) is 81.7 Å². The Morgan fingerprint density at radius 1 is 1.25 bits per heavy atom. The Labute approximate surface area is 168 Å². The van der Waals surface area contributed by atoms with Crippen molar-refractivity contribution in [2.24, 2.45) is 5.92 Å². The van der Waals surface area contributed by atoms with E-state index in [0.717, 1.165) is 5.56 Å². The summed E-state index contributed by atoms with van der Waals surface area (Å²) in [5.41, 5.74) is 0.339. The summed E-state index contributed by atoms with van der Waals surface area (Å²) in [6.07, 6.45) is -0.124. The molecule has 0 aromatic heterocycles. The third-order valence-electron chi connectivity index (χ3n) is 4.92. The maximum absolute atomic E-state index is 13.0. The highest BCUT2D eigenvalue weighted by Gasteiger charge is 2.49. The molecule has 5 atom stereocenters. The van der Waals surface area contributed by atoms with Crippen LogP contribution in [0.1, 0.15) is 39.7 Å². The predicted molar refractivity (Wildman–Crippen MR) is 109 cm³/mol. The molecule has 1 heterocycles. The first kappa shape index (κ1) is 22.6. The van der Waals surface area contributed by atoms with Gasteiger partial charge in [-0.1, -0.05) is 56.3 Å². The lowest BCUT2D eigenvalue weighted by atomic mass is 9.88. The van der Waals surface area contributed by atoms with Crippen LogP contribution in [0, 0.1) is 5.92 Å². The van der Waals surface area contributed by atoms with Gasteiger partial charge in [-0.15, -0.1) is 0 Å². The van der Waals surface area contributed by atoms with Crippen LogP contribution in [-0.2, 0) is 30.7 Å². The maximum atomic E-state index is 13.0. The summed E-state index contributed by atoms with van der Waals surface area (Å²) >= 11 is 0. The Morgan fingerprint density at radius 2 is 1.89 bits per heavy atom. The number of amides is 1. The van der Waals surface area contributed by atoms with Gasteiger partial charge in [0.25, 0.3) is 0 Å². The van der Waals surface area contributed by atoms with Gasteiger partial charge in [-0.05, 0) is 18.9 Å². The SMILES string of the molecule is C=C(C)CS(=O)(=O)C1OC(CC)C(C)C(OCc2ccccc2)C1NC(C)=O. The fraction of sp³-hybridized carbons (Fsp3) is 0.571. The van der Waals surface area contributed by atoms with Gasteiger partial charge in [0.1, 0.15) is 0 Å². The zero-order valence-corrected chi connectivity index (χ0v) is 17.9. The third-order valence-corrected chi connectivity index (χ3v) is 6.93. The molecule has 2 rings (SSSR count). The number of rotatable bonds is 8. The zero-order chi connectivity index (χ0) is 20.9.